The maximum absolute atomic E-state index is 6.07. The standard InChI is InChI=1S/C10H8BrClN2/c1-13-9-3-2-6-4-7(11)5-8(12)10(6)14-9/h2-5H,1H3,(H,13,14). The molecular weight excluding hydrogens is 263 g/mol. The normalized spacial score (nSPS) is 10.5. The summed E-state index contributed by atoms with van der Waals surface area (Å²) in [6.45, 7) is 0. The van der Waals surface area contributed by atoms with Crippen LogP contribution in [0.2, 0.25) is 5.02 Å². The quantitative estimate of drug-likeness (QED) is 0.855. The van der Waals surface area contributed by atoms with Gasteiger partial charge in [0.25, 0.3) is 0 Å². The average molecular weight is 272 g/mol. The summed E-state index contributed by atoms with van der Waals surface area (Å²) in [5, 5.41) is 4.67. The van der Waals surface area contributed by atoms with E-state index in [9.17, 15) is 0 Å². The highest BCUT2D eigenvalue weighted by Gasteiger charge is 2.03. The molecule has 0 bridgehead atoms. The molecule has 1 aromatic heterocycles. The van der Waals surface area contributed by atoms with Crippen LogP contribution in [0.15, 0.2) is 28.7 Å². The molecule has 0 amide bonds. The molecular formula is C10H8BrClN2. The number of nitrogens with one attached hydrogen (secondary N) is 1. The molecule has 2 rings (SSSR count). The van der Waals surface area contributed by atoms with Crippen LogP contribution in [-0.4, -0.2) is 12.0 Å². The van der Waals surface area contributed by atoms with Crippen LogP contribution in [0, 0.1) is 0 Å². The Balaban J connectivity index is 2.75. The maximum atomic E-state index is 6.07. The molecule has 0 aliphatic heterocycles. The van der Waals surface area contributed by atoms with Crippen molar-refractivity contribution in [2.45, 2.75) is 0 Å². The highest BCUT2D eigenvalue weighted by molar-refractivity contribution is 9.10. The first-order valence-electron chi connectivity index (χ1n) is 4.14. The smallest absolute Gasteiger partial charge is 0.126 e. The second-order valence-corrected chi connectivity index (χ2v) is 4.23. The van der Waals surface area contributed by atoms with Gasteiger partial charge in [-0.25, -0.2) is 4.98 Å². The van der Waals surface area contributed by atoms with Gasteiger partial charge in [-0.2, -0.15) is 0 Å². The van der Waals surface area contributed by atoms with Gasteiger partial charge in [-0.15, -0.1) is 0 Å². The predicted octanol–water partition coefficient (Wildman–Crippen LogP) is 3.69. The molecule has 0 radical (unpaired) electrons. The first-order valence-corrected chi connectivity index (χ1v) is 5.31. The van der Waals surface area contributed by atoms with Gasteiger partial charge in [-0.05, 0) is 24.3 Å². The Morgan fingerprint density at radius 3 is 2.86 bits per heavy atom. The zero-order valence-corrected chi connectivity index (χ0v) is 9.85. The number of pyridine rings is 1. The van der Waals surface area contributed by atoms with Gasteiger partial charge in [0.15, 0.2) is 0 Å². The third-order valence-corrected chi connectivity index (χ3v) is 2.71. The fourth-order valence-electron chi connectivity index (χ4n) is 1.30. The predicted molar refractivity (Wildman–Crippen MR) is 64.0 cm³/mol. The number of fused-ring (bicyclic) bond motifs is 1. The van der Waals surface area contributed by atoms with Crippen molar-refractivity contribution >= 4 is 44.3 Å². The van der Waals surface area contributed by atoms with Crippen molar-refractivity contribution in [1.29, 1.82) is 0 Å². The third kappa shape index (κ3) is 1.70. The second kappa shape index (κ2) is 3.75. The number of aromatic nitrogens is 1. The number of rotatable bonds is 1. The first-order chi connectivity index (χ1) is 6.70. The summed E-state index contributed by atoms with van der Waals surface area (Å²) < 4.78 is 0.967. The molecule has 2 nitrogen and oxygen atoms in total. The molecule has 1 heterocycles. The van der Waals surface area contributed by atoms with Crippen LogP contribution in [0.5, 0.6) is 0 Å². The Morgan fingerprint density at radius 2 is 2.14 bits per heavy atom. The van der Waals surface area contributed by atoms with E-state index in [2.05, 4.69) is 26.2 Å². The first kappa shape index (κ1) is 9.74. The molecule has 0 aliphatic carbocycles. The number of halogens is 2. The fourth-order valence-corrected chi connectivity index (χ4v) is 2.17. The highest BCUT2D eigenvalue weighted by atomic mass is 79.9. The van der Waals surface area contributed by atoms with Crippen LogP contribution in [0.3, 0.4) is 0 Å². The number of benzene rings is 1. The molecule has 2 aromatic rings. The molecule has 72 valence electrons. The lowest BCUT2D eigenvalue weighted by atomic mass is 10.2. The van der Waals surface area contributed by atoms with E-state index in [4.69, 9.17) is 11.6 Å². The van der Waals surface area contributed by atoms with Crippen LogP contribution < -0.4 is 5.32 Å². The van der Waals surface area contributed by atoms with Crippen molar-refractivity contribution in [2.75, 3.05) is 12.4 Å². The van der Waals surface area contributed by atoms with Crippen LogP contribution in [0.25, 0.3) is 10.9 Å². The van der Waals surface area contributed by atoms with E-state index in [1.807, 2.05) is 31.3 Å². The van der Waals surface area contributed by atoms with E-state index < -0.39 is 0 Å². The molecule has 0 atom stereocenters. The van der Waals surface area contributed by atoms with Crippen molar-refractivity contribution in [2.24, 2.45) is 0 Å². The van der Waals surface area contributed by atoms with Gasteiger partial charge in [0.2, 0.25) is 0 Å². The van der Waals surface area contributed by atoms with Crippen LogP contribution in [-0.2, 0) is 0 Å². The van der Waals surface area contributed by atoms with E-state index in [0.717, 1.165) is 21.2 Å². The second-order valence-electron chi connectivity index (χ2n) is 2.91. The molecule has 0 saturated heterocycles. The molecule has 14 heavy (non-hydrogen) atoms. The van der Waals surface area contributed by atoms with E-state index in [-0.39, 0.29) is 0 Å². The van der Waals surface area contributed by atoms with Crippen molar-refractivity contribution < 1.29 is 0 Å². The minimum Gasteiger partial charge on any atom is -0.373 e. The van der Waals surface area contributed by atoms with Crippen molar-refractivity contribution in [3.63, 3.8) is 0 Å². The van der Waals surface area contributed by atoms with Gasteiger partial charge in [-0.3, -0.25) is 0 Å². The summed E-state index contributed by atoms with van der Waals surface area (Å²) in [4.78, 5) is 4.37. The largest absolute Gasteiger partial charge is 0.373 e. The SMILES string of the molecule is CNc1ccc2cc(Br)cc(Cl)c2n1. The van der Waals surface area contributed by atoms with Gasteiger partial charge < -0.3 is 5.32 Å². The van der Waals surface area contributed by atoms with Gasteiger partial charge >= 0.3 is 0 Å². The fraction of sp³-hybridized carbons (Fsp3) is 0.100. The zero-order chi connectivity index (χ0) is 10.1. The molecule has 1 aromatic carbocycles. The van der Waals surface area contributed by atoms with Crippen LogP contribution in [0.1, 0.15) is 0 Å². The monoisotopic (exact) mass is 270 g/mol. The van der Waals surface area contributed by atoms with Crippen LogP contribution in [0.4, 0.5) is 5.82 Å². The Hall–Kier alpha value is -0.800. The molecule has 0 fully saturated rings. The van der Waals surface area contributed by atoms with Gasteiger partial charge in [0.1, 0.15) is 5.82 Å². The Bertz CT molecular complexity index is 485. The van der Waals surface area contributed by atoms with E-state index >= 15 is 0 Å². The summed E-state index contributed by atoms with van der Waals surface area (Å²) in [6, 6.07) is 7.75. The summed E-state index contributed by atoms with van der Waals surface area (Å²) >= 11 is 9.46. The molecule has 0 saturated carbocycles. The minimum atomic E-state index is 0.659. The Kier molecular flexibility index (Phi) is 2.61. The number of nitrogens with zero attached hydrogens (tertiary/aromatic N) is 1. The Labute approximate surface area is 95.4 Å². The summed E-state index contributed by atoms with van der Waals surface area (Å²) in [5.41, 5.74) is 0.821. The number of hydrogen-bond acceptors (Lipinski definition) is 2. The maximum Gasteiger partial charge on any atom is 0.126 e. The molecule has 0 spiro atoms. The molecule has 0 unspecified atom stereocenters. The number of anilines is 1. The lowest BCUT2D eigenvalue weighted by Gasteiger charge is -2.04. The van der Waals surface area contributed by atoms with Crippen molar-refractivity contribution in [1.82, 2.24) is 4.98 Å². The van der Waals surface area contributed by atoms with Gasteiger partial charge in [0.05, 0.1) is 10.5 Å². The van der Waals surface area contributed by atoms with Gasteiger partial charge in [0, 0.05) is 16.9 Å². The summed E-state index contributed by atoms with van der Waals surface area (Å²) in [5.74, 6) is 0.821. The number of hydrogen-bond donors (Lipinski definition) is 1. The lowest BCUT2D eigenvalue weighted by Crippen LogP contribution is -1.92. The van der Waals surface area contributed by atoms with Crippen molar-refractivity contribution in [3.05, 3.63) is 33.8 Å². The van der Waals surface area contributed by atoms with E-state index in [1.165, 1.54) is 0 Å². The Morgan fingerprint density at radius 1 is 1.36 bits per heavy atom. The van der Waals surface area contributed by atoms with Crippen LogP contribution >= 0.6 is 27.5 Å². The molecule has 0 aliphatic rings. The molecule has 1 N–H and O–H groups in total. The molecule has 4 heteroatoms. The minimum absolute atomic E-state index is 0.659. The third-order valence-electron chi connectivity index (χ3n) is 1.97. The average Bonchev–Trinajstić information content (AvgIpc) is 2.17. The lowest BCUT2D eigenvalue weighted by molar-refractivity contribution is 1.34. The highest BCUT2D eigenvalue weighted by Crippen LogP contribution is 2.27. The van der Waals surface area contributed by atoms with E-state index in [0.29, 0.717) is 5.02 Å². The van der Waals surface area contributed by atoms with Gasteiger partial charge in [-0.1, -0.05) is 27.5 Å². The topological polar surface area (TPSA) is 24.9 Å². The summed E-state index contributed by atoms with van der Waals surface area (Å²) in [6.07, 6.45) is 0. The zero-order valence-electron chi connectivity index (χ0n) is 7.51. The van der Waals surface area contributed by atoms with E-state index in [1.54, 1.807) is 0 Å². The summed E-state index contributed by atoms with van der Waals surface area (Å²) in [7, 11) is 1.83. The van der Waals surface area contributed by atoms with Crippen molar-refractivity contribution in [3.8, 4) is 0 Å².